The summed E-state index contributed by atoms with van der Waals surface area (Å²) >= 11 is 11.6. The summed E-state index contributed by atoms with van der Waals surface area (Å²) in [6, 6.07) is 4.90. The number of halogens is 2. The minimum atomic E-state index is 0.0282. The molecule has 0 aliphatic rings. The van der Waals surface area contributed by atoms with Crippen LogP contribution in [0.4, 0.5) is 0 Å². The molecule has 1 nitrogen and oxygen atoms in total. The summed E-state index contributed by atoms with van der Waals surface area (Å²) in [5.41, 5.74) is 1.50. The van der Waals surface area contributed by atoms with Gasteiger partial charge in [0.25, 0.3) is 0 Å². The fourth-order valence-corrected chi connectivity index (χ4v) is 1.42. The Kier molecular flexibility index (Phi) is 4.37. The number of hydrogen-bond acceptors (Lipinski definition) is 1. The van der Waals surface area contributed by atoms with E-state index in [0.29, 0.717) is 22.0 Å². The molecule has 1 rings (SSSR count). The molecular formula is C12H12Cl2O. The number of benzene rings is 1. The summed E-state index contributed by atoms with van der Waals surface area (Å²) in [4.78, 5) is 11.7. The SMILES string of the molecule is C=C(CC)CC(=O)c1ccc(Cl)c(Cl)c1. The van der Waals surface area contributed by atoms with Gasteiger partial charge in [0.2, 0.25) is 0 Å². The van der Waals surface area contributed by atoms with E-state index >= 15 is 0 Å². The van der Waals surface area contributed by atoms with Crippen LogP contribution in [0.5, 0.6) is 0 Å². The quantitative estimate of drug-likeness (QED) is 0.560. The van der Waals surface area contributed by atoms with E-state index in [2.05, 4.69) is 6.58 Å². The molecule has 0 spiro atoms. The summed E-state index contributed by atoms with van der Waals surface area (Å²) < 4.78 is 0. The molecule has 0 aliphatic heterocycles. The fourth-order valence-electron chi connectivity index (χ4n) is 1.12. The lowest BCUT2D eigenvalue weighted by molar-refractivity contribution is 0.0992. The van der Waals surface area contributed by atoms with Gasteiger partial charge in [0.15, 0.2) is 5.78 Å². The van der Waals surface area contributed by atoms with Crippen LogP contribution in [0.15, 0.2) is 30.4 Å². The summed E-state index contributed by atoms with van der Waals surface area (Å²) in [5.74, 6) is 0.0282. The molecule has 1 aromatic rings. The van der Waals surface area contributed by atoms with Crippen LogP contribution < -0.4 is 0 Å². The molecule has 0 fully saturated rings. The molecule has 0 heterocycles. The van der Waals surface area contributed by atoms with Gasteiger partial charge in [-0.15, -0.1) is 0 Å². The Balaban J connectivity index is 2.83. The van der Waals surface area contributed by atoms with Crippen molar-refractivity contribution >= 4 is 29.0 Å². The molecule has 0 aromatic heterocycles. The highest BCUT2D eigenvalue weighted by Gasteiger charge is 2.08. The molecule has 15 heavy (non-hydrogen) atoms. The lowest BCUT2D eigenvalue weighted by Gasteiger charge is -2.03. The van der Waals surface area contributed by atoms with Gasteiger partial charge >= 0.3 is 0 Å². The predicted octanol–water partition coefficient (Wildman–Crippen LogP) is 4.53. The standard InChI is InChI=1S/C12H12Cl2O/c1-3-8(2)6-12(15)9-4-5-10(13)11(14)7-9/h4-5,7H,2-3,6H2,1H3. The van der Waals surface area contributed by atoms with E-state index in [-0.39, 0.29) is 5.78 Å². The van der Waals surface area contributed by atoms with Crippen LogP contribution in [-0.2, 0) is 0 Å². The number of Topliss-reactive ketones (excluding diaryl/α,β-unsaturated/α-hetero) is 1. The number of ketones is 1. The third-order valence-corrected chi connectivity index (χ3v) is 2.89. The zero-order valence-corrected chi connectivity index (χ0v) is 10.0. The first kappa shape index (κ1) is 12.3. The molecule has 1 aromatic carbocycles. The van der Waals surface area contributed by atoms with Crippen molar-refractivity contribution in [2.45, 2.75) is 19.8 Å². The van der Waals surface area contributed by atoms with Gasteiger partial charge in [0, 0.05) is 12.0 Å². The van der Waals surface area contributed by atoms with Crippen molar-refractivity contribution in [3.63, 3.8) is 0 Å². The van der Waals surface area contributed by atoms with Gasteiger partial charge in [-0.1, -0.05) is 42.3 Å². The maximum absolute atomic E-state index is 11.7. The Labute approximate surface area is 99.7 Å². The molecule has 3 heteroatoms. The third-order valence-electron chi connectivity index (χ3n) is 2.15. The molecule has 0 N–H and O–H groups in total. The normalized spacial score (nSPS) is 10.1. The molecule has 0 saturated heterocycles. The zero-order valence-electron chi connectivity index (χ0n) is 8.52. The lowest BCUT2D eigenvalue weighted by atomic mass is 10.0. The largest absolute Gasteiger partial charge is 0.294 e. The second-order valence-electron chi connectivity index (χ2n) is 3.33. The smallest absolute Gasteiger partial charge is 0.166 e. The first-order valence-corrected chi connectivity index (χ1v) is 5.45. The first-order chi connectivity index (χ1) is 7.04. The minimum absolute atomic E-state index is 0.0282. The molecule has 0 radical (unpaired) electrons. The summed E-state index contributed by atoms with van der Waals surface area (Å²) in [6.07, 6.45) is 1.18. The number of rotatable bonds is 4. The van der Waals surface area contributed by atoms with Crippen molar-refractivity contribution in [2.24, 2.45) is 0 Å². The van der Waals surface area contributed by atoms with Gasteiger partial charge < -0.3 is 0 Å². The van der Waals surface area contributed by atoms with Crippen LogP contribution in [0.1, 0.15) is 30.1 Å². The Hall–Kier alpha value is -0.790. The highest BCUT2D eigenvalue weighted by molar-refractivity contribution is 6.42. The molecule has 0 atom stereocenters. The van der Waals surface area contributed by atoms with Crippen LogP contribution in [-0.4, -0.2) is 5.78 Å². The second-order valence-corrected chi connectivity index (χ2v) is 4.15. The molecule has 80 valence electrons. The highest BCUT2D eigenvalue weighted by Crippen LogP contribution is 2.23. The lowest BCUT2D eigenvalue weighted by Crippen LogP contribution is -2.00. The van der Waals surface area contributed by atoms with Crippen molar-refractivity contribution < 1.29 is 4.79 Å². The minimum Gasteiger partial charge on any atom is -0.294 e. The van der Waals surface area contributed by atoms with Gasteiger partial charge in [-0.25, -0.2) is 0 Å². The molecule has 0 saturated carbocycles. The number of hydrogen-bond donors (Lipinski definition) is 0. The topological polar surface area (TPSA) is 17.1 Å². The van der Waals surface area contributed by atoms with E-state index in [1.165, 1.54) is 0 Å². The summed E-state index contributed by atoms with van der Waals surface area (Å²) in [5, 5.41) is 0.868. The average Bonchev–Trinajstić information content (AvgIpc) is 2.21. The zero-order chi connectivity index (χ0) is 11.4. The van der Waals surface area contributed by atoms with Crippen molar-refractivity contribution in [3.05, 3.63) is 46.0 Å². The van der Waals surface area contributed by atoms with Crippen molar-refractivity contribution in [1.29, 1.82) is 0 Å². The monoisotopic (exact) mass is 242 g/mol. The van der Waals surface area contributed by atoms with E-state index in [0.717, 1.165) is 12.0 Å². The molecule has 0 bridgehead atoms. The molecule has 0 amide bonds. The summed E-state index contributed by atoms with van der Waals surface area (Å²) in [7, 11) is 0. The van der Waals surface area contributed by atoms with Crippen molar-refractivity contribution in [1.82, 2.24) is 0 Å². The fraction of sp³-hybridized carbons (Fsp3) is 0.250. The van der Waals surface area contributed by atoms with Gasteiger partial charge in [0.05, 0.1) is 10.0 Å². The summed E-state index contributed by atoms with van der Waals surface area (Å²) in [6.45, 7) is 5.78. The van der Waals surface area contributed by atoms with Gasteiger partial charge in [-0.05, 0) is 24.6 Å². The second kappa shape index (κ2) is 5.34. The van der Waals surface area contributed by atoms with E-state index in [1.807, 2.05) is 6.92 Å². The van der Waals surface area contributed by atoms with Crippen LogP contribution >= 0.6 is 23.2 Å². The third kappa shape index (κ3) is 3.37. The number of carbonyl (C=O) groups excluding carboxylic acids is 1. The molecule has 0 aliphatic carbocycles. The highest BCUT2D eigenvalue weighted by atomic mass is 35.5. The maximum Gasteiger partial charge on any atom is 0.166 e. The first-order valence-electron chi connectivity index (χ1n) is 4.69. The predicted molar refractivity (Wildman–Crippen MR) is 64.8 cm³/mol. The van der Waals surface area contributed by atoms with E-state index in [1.54, 1.807) is 18.2 Å². The average molecular weight is 243 g/mol. The van der Waals surface area contributed by atoms with Crippen LogP contribution in [0.3, 0.4) is 0 Å². The molecule has 0 unspecified atom stereocenters. The Morgan fingerprint density at radius 2 is 2.00 bits per heavy atom. The number of allylic oxidation sites excluding steroid dienone is 1. The Morgan fingerprint density at radius 3 is 2.53 bits per heavy atom. The molecular weight excluding hydrogens is 231 g/mol. The van der Waals surface area contributed by atoms with Crippen LogP contribution in [0, 0.1) is 0 Å². The van der Waals surface area contributed by atoms with Gasteiger partial charge in [-0.2, -0.15) is 0 Å². The van der Waals surface area contributed by atoms with Crippen LogP contribution in [0.25, 0.3) is 0 Å². The van der Waals surface area contributed by atoms with Gasteiger partial charge in [0.1, 0.15) is 0 Å². The van der Waals surface area contributed by atoms with Crippen molar-refractivity contribution in [3.8, 4) is 0 Å². The van der Waals surface area contributed by atoms with Crippen molar-refractivity contribution in [2.75, 3.05) is 0 Å². The maximum atomic E-state index is 11.7. The van der Waals surface area contributed by atoms with E-state index in [4.69, 9.17) is 23.2 Å². The van der Waals surface area contributed by atoms with E-state index in [9.17, 15) is 4.79 Å². The Morgan fingerprint density at radius 1 is 1.33 bits per heavy atom. The Bertz CT molecular complexity index is 397. The van der Waals surface area contributed by atoms with Crippen LogP contribution in [0.2, 0.25) is 10.0 Å². The number of carbonyl (C=O) groups is 1. The van der Waals surface area contributed by atoms with E-state index < -0.39 is 0 Å². The van der Waals surface area contributed by atoms with Gasteiger partial charge in [-0.3, -0.25) is 4.79 Å².